The van der Waals surface area contributed by atoms with Gasteiger partial charge in [-0.1, -0.05) is 0 Å². The number of alkyl halides is 3. The van der Waals surface area contributed by atoms with Gasteiger partial charge in [-0.25, -0.2) is 9.97 Å². The van der Waals surface area contributed by atoms with E-state index in [0.29, 0.717) is 13.2 Å². The summed E-state index contributed by atoms with van der Waals surface area (Å²) in [6.07, 6.45) is -4.62. The SMILES string of the molecule is CCOCC(C)Nc1cc(N)nc(C(F)(F)F)n1. The molecule has 0 aromatic carbocycles. The Balaban J connectivity index is 2.80. The number of nitrogens with two attached hydrogens (primary N) is 1. The topological polar surface area (TPSA) is 73.1 Å². The lowest BCUT2D eigenvalue weighted by Gasteiger charge is -2.15. The summed E-state index contributed by atoms with van der Waals surface area (Å²) in [7, 11) is 0. The largest absolute Gasteiger partial charge is 0.451 e. The number of aromatic nitrogens is 2. The van der Waals surface area contributed by atoms with Crippen LogP contribution in [-0.2, 0) is 10.9 Å². The number of hydrogen-bond acceptors (Lipinski definition) is 5. The molecule has 0 aliphatic rings. The molecule has 5 nitrogen and oxygen atoms in total. The lowest BCUT2D eigenvalue weighted by molar-refractivity contribution is -0.144. The summed E-state index contributed by atoms with van der Waals surface area (Å²) in [6.45, 7) is 4.49. The Morgan fingerprint density at radius 2 is 2.11 bits per heavy atom. The van der Waals surface area contributed by atoms with Crippen LogP contribution in [0.4, 0.5) is 24.8 Å². The molecule has 3 N–H and O–H groups in total. The van der Waals surface area contributed by atoms with Crippen LogP contribution in [0.5, 0.6) is 0 Å². The second kappa shape index (κ2) is 5.85. The van der Waals surface area contributed by atoms with E-state index in [0.717, 1.165) is 0 Å². The average Bonchev–Trinajstić information content (AvgIpc) is 2.24. The van der Waals surface area contributed by atoms with Gasteiger partial charge in [0.15, 0.2) is 0 Å². The van der Waals surface area contributed by atoms with Crippen molar-refractivity contribution < 1.29 is 17.9 Å². The number of rotatable bonds is 5. The molecular weight excluding hydrogens is 249 g/mol. The van der Waals surface area contributed by atoms with Gasteiger partial charge < -0.3 is 15.8 Å². The van der Waals surface area contributed by atoms with Gasteiger partial charge in [-0.2, -0.15) is 13.2 Å². The Hall–Kier alpha value is -1.57. The van der Waals surface area contributed by atoms with E-state index in [4.69, 9.17) is 10.5 Å². The van der Waals surface area contributed by atoms with Gasteiger partial charge in [0.1, 0.15) is 11.6 Å². The van der Waals surface area contributed by atoms with Crippen molar-refractivity contribution in [3.8, 4) is 0 Å². The Labute approximate surface area is 103 Å². The van der Waals surface area contributed by atoms with Gasteiger partial charge >= 0.3 is 6.18 Å². The molecule has 1 heterocycles. The highest BCUT2D eigenvalue weighted by Gasteiger charge is 2.35. The third-order valence-electron chi connectivity index (χ3n) is 1.97. The third kappa shape index (κ3) is 4.36. The van der Waals surface area contributed by atoms with Crippen molar-refractivity contribution in [1.82, 2.24) is 9.97 Å². The molecule has 0 amide bonds. The zero-order chi connectivity index (χ0) is 13.8. The van der Waals surface area contributed by atoms with Crippen molar-refractivity contribution in [2.45, 2.75) is 26.1 Å². The summed E-state index contributed by atoms with van der Waals surface area (Å²) in [4.78, 5) is 6.52. The molecule has 8 heteroatoms. The van der Waals surface area contributed by atoms with Gasteiger partial charge in [0.25, 0.3) is 0 Å². The number of hydrogen-bond donors (Lipinski definition) is 2. The van der Waals surface area contributed by atoms with Crippen LogP contribution in [0.1, 0.15) is 19.7 Å². The van der Waals surface area contributed by atoms with E-state index in [1.807, 2.05) is 6.92 Å². The van der Waals surface area contributed by atoms with E-state index in [1.165, 1.54) is 6.07 Å². The summed E-state index contributed by atoms with van der Waals surface area (Å²) in [5.74, 6) is -1.46. The van der Waals surface area contributed by atoms with Crippen molar-refractivity contribution in [2.75, 3.05) is 24.3 Å². The van der Waals surface area contributed by atoms with E-state index < -0.39 is 12.0 Å². The molecule has 1 aromatic heterocycles. The lowest BCUT2D eigenvalue weighted by Crippen LogP contribution is -2.23. The number of anilines is 2. The maximum atomic E-state index is 12.5. The molecule has 0 radical (unpaired) electrons. The fourth-order valence-corrected chi connectivity index (χ4v) is 1.26. The highest BCUT2D eigenvalue weighted by molar-refractivity contribution is 5.45. The predicted octanol–water partition coefficient (Wildman–Crippen LogP) is 1.91. The third-order valence-corrected chi connectivity index (χ3v) is 1.97. The van der Waals surface area contributed by atoms with Crippen molar-refractivity contribution in [1.29, 1.82) is 0 Å². The summed E-state index contributed by atoms with van der Waals surface area (Å²) >= 11 is 0. The predicted molar refractivity (Wildman–Crippen MR) is 61.0 cm³/mol. The molecule has 0 saturated heterocycles. The van der Waals surface area contributed by atoms with E-state index in [9.17, 15) is 13.2 Å². The van der Waals surface area contributed by atoms with Crippen molar-refractivity contribution in [2.24, 2.45) is 0 Å². The summed E-state index contributed by atoms with van der Waals surface area (Å²) < 4.78 is 42.5. The van der Waals surface area contributed by atoms with Crippen molar-refractivity contribution in [3.63, 3.8) is 0 Å². The fourth-order valence-electron chi connectivity index (χ4n) is 1.26. The van der Waals surface area contributed by atoms with Gasteiger partial charge in [0, 0.05) is 18.7 Å². The van der Waals surface area contributed by atoms with Crippen LogP contribution in [0.15, 0.2) is 6.07 Å². The summed E-state index contributed by atoms with van der Waals surface area (Å²) in [6, 6.07) is 1.07. The number of halogens is 3. The van der Waals surface area contributed by atoms with Crippen LogP contribution in [0, 0.1) is 0 Å². The molecule has 0 aliphatic heterocycles. The molecule has 0 saturated carbocycles. The summed E-state index contributed by atoms with van der Waals surface area (Å²) in [5, 5.41) is 2.77. The van der Waals surface area contributed by atoms with E-state index in [2.05, 4.69) is 15.3 Å². The maximum absolute atomic E-state index is 12.5. The minimum Gasteiger partial charge on any atom is -0.384 e. The summed E-state index contributed by atoms with van der Waals surface area (Å²) in [5.41, 5.74) is 5.31. The molecule has 0 spiro atoms. The Kier molecular flexibility index (Phi) is 4.71. The normalized spacial score (nSPS) is 13.4. The number of ether oxygens (including phenoxy) is 1. The van der Waals surface area contributed by atoms with Crippen LogP contribution in [0.25, 0.3) is 0 Å². The quantitative estimate of drug-likeness (QED) is 0.850. The molecule has 1 rings (SSSR count). The molecule has 0 fully saturated rings. The number of nitrogen functional groups attached to an aromatic ring is 1. The van der Waals surface area contributed by atoms with E-state index >= 15 is 0 Å². The van der Waals surface area contributed by atoms with Crippen molar-refractivity contribution in [3.05, 3.63) is 11.9 Å². The molecule has 18 heavy (non-hydrogen) atoms. The maximum Gasteiger partial charge on any atom is 0.451 e. The highest BCUT2D eigenvalue weighted by atomic mass is 19.4. The van der Waals surface area contributed by atoms with Gasteiger partial charge in [-0.3, -0.25) is 0 Å². The monoisotopic (exact) mass is 264 g/mol. The molecule has 1 atom stereocenters. The number of nitrogens with one attached hydrogen (secondary N) is 1. The van der Waals surface area contributed by atoms with E-state index in [1.54, 1.807) is 6.92 Å². The average molecular weight is 264 g/mol. The van der Waals surface area contributed by atoms with Crippen LogP contribution in [0.3, 0.4) is 0 Å². The minimum atomic E-state index is -4.62. The van der Waals surface area contributed by atoms with Crippen LogP contribution >= 0.6 is 0 Å². The standard InChI is InChI=1S/C10H15F3N4O/c1-3-18-5-6(2)15-8-4-7(14)16-9(17-8)10(11,12)13/h4,6H,3,5H2,1-2H3,(H3,14,15,16,17). The first-order valence-corrected chi connectivity index (χ1v) is 5.39. The lowest BCUT2D eigenvalue weighted by atomic mass is 10.3. The van der Waals surface area contributed by atoms with Crippen LogP contribution in [0.2, 0.25) is 0 Å². The Bertz CT molecular complexity index is 397. The second-order valence-corrected chi connectivity index (χ2v) is 3.70. The highest BCUT2D eigenvalue weighted by Crippen LogP contribution is 2.27. The van der Waals surface area contributed by atoms with Gasteiger partial charge in [-0.15, -0.1) is 0 Å². The molecule has 1 unspecified atom stereocenters. The van der Waals surface area contributed by atoms with Gasteiger partial charge in [0.2, 0.25) is 5.82 Å². The van der Waals surface area contributed by atoms with Gasteiger partial charge in [-0.05, 0) is 13.8 Å². The van der Waals surface area contributed by atoms with Crippen LogP contribution < -0.4 is 11.1 Å². The first kappa shape index (κ1) is 14.5. The Morgan fingerprint density at radius 3 is 2.67 bits per heavy atom. The Morgan fingerprint density at radius 1 is 1.44 bits per heavy atom. The molecular formula is C10H15F3N4O. The van der Waals surface area contributed by atoms with E-state index in [-0.39, 0.29) is 17.7 Å². The second-order valence-electron chi connectivity index (χ2n) is 3.70. The minimum absolute atomic E-state index is 0.0297. The molecule has 0 bridgehead atoms. The molecule has 102 valence electrons. The first-order valence-electron chi connectivity index (χ1n) is 5.39. The smallest absolute Gasteiger partial charge is 0.384 e. The molecule has 0 aliphatic carbocycles. The zero-order valence-electron chi connectivity index (χ0n) is 10.1. The van der Waals surface area contributed by atoms with Gasteiger partial charge in [0.05, 0.1) is 6.61 Å². The van der Waals surface area contributed by atoms with Crippen molar-refractivity contribution >= 4 is 11.6 Å². The van der Waals surface area contributed by atoms with Crippen LogP contribution in [-0.4, -0.2) is 29.2 Å². The molecule has 1 aromatic rings. The zero-order valence-corrected chi connectivity index (χ0v) is 10.1. The fraction of sp³-hybridized carbons (Fsp3) is 0.600. The first-order chi connectivity index (χ1) is 8.32. The number of nitrogens with zero attached hydrogens (tertiary/aromatic N) is 2.